The molecule has 0 aromatic rings. The van der Waals surface area contributed by atoms with Gasteiger partial charge >= 0.3 is 11.9 Å². The minimum absolute atomic E-state index is 0.0630. The number of hydrogen-bond donors (Lipinski definition) is 2. The van der Waals surface area contributed by atoms with Gasteiger partial charge in [-0.1, -0.05) is 30.2 Å². The molecule has 0 aliphatic heterocycles. The maximum Gasteiger partial charge on any atom is 0.328 e. The second kappa shape index (κ2) is 8.40. The van der Waals surface area contributed by atoms with E-state index in [1.165, 1.54) is 17.6 Å². The molecule has 0 radical (unpaired) electrons. The number of rotatable bonds is 3. The second-order valence-electron chi connectivity index (χ2n) is 9.48. The van der Waals surface area contributed by atoms with Crippen molar-refractivity contribution in [2.45, 2.75) is 52.9 Å². The van der Waals surface area contributed by atoms with Crippen LogP contribution < -0.4 is 0 Å². The van der Waals surface area contributed by atoms with Crippen molar-refractivity contribution in [2.24, 2.45) is 28.6 Å². The molecule has 2 fully saturated rings. The van der Waals surface area contributed by atoms with Gasteiger partial charge in [0.1, 0.15) is 5.78 Å². The zero-order valence-electron chi connectivity index (χ0n) is 18.3. The Morgan fingerprint density at radius 1 is 1.06 bits per heavy atom. The molecule has 0 aromatic heterocycles. The number of carbonyl (C=O) groups excluding carboxylic acids is 2. The zero-order valence-corrected chi connectivity index (χ0v) is 18.3. The number of carboxylic acid groups (broad SMARTS) is 2. The van der Waals surface area contributed by atoms with Gasteiger partial charge in [0.2, 0.25) is 0 Å². The molecule has 0 saturated heterocycles. The maximum absolute atomic E-state index is 12.1. The molecule has 0 bridgehead atoms. The Hall–Kier alpha value is -2.76. The fraction of sp³-hybridized carbons (Fsp3) is 0.520. The molecule has 2 saturated carbocycles. The fourth-order valence-electron chi connectivity index (χ4n) is 6.33. The van der Waals surface area contributed by atoms with Crippen LogP contribution in [0.3, 0.4) is 0 Å². The molecule has 0 aromatic carbocycles. The van der Waals surface area contributed by atoms with Crippen LogP contribution >= 0.6 is 0 Å². The van der Waals surface area contributed by atoms with Gasteiger partial charge in [-0.05, 0) is 75.4 Å². The molecule has 0 unspecified atom stereocenters. The lowest BCUT2D eigenvalue weighted by molar-refractivity contribution is -0.134. The summed E-state index contributed by atoms with van der Waals surface area (Å²) >= 11 is 0. The molecule has 0 amide bonds. The number of fused-ring (bicyclic) bond motifs is 5. The van der Waals surface area contributed by atoms with Crippen LogP contribution in [0.25, 0.3) is 0 Å². The van der Waals surface area contributed by atoms with E-state index in [0.717, 1.165) is 25.7 Å². The average molecular weight is 427 g/mol. The van der Waals surface area contributed by atoms with Gasteiger partial charge in [0.05, 0.1) is 0 Å². The van der Waals surface area contributed by atoms with Gasteiger partial charge in [-0.3, -0.25) is 9.59 Å². The van der Waals surface area contributed by atoms with Gasteiger partial charge in [-0.2, -0.15) is 0 Å². The number of allylic oxidation sites excluding steroid dienone is 6. The average Bonchev–Trinajstić information content (AvgIpc) is 3.05. The SMILES string of the molecule is CC(=O)[C@H]1CC[C@H]2[C@@H]3CCC4=CC(=O)C=C[C@]4(C)C3=CC[C@]12C.O=C(O)C=CC(=O)O. The van der Waals surface area contributed by atoms with E-state index in [-0.39, 0.29) is 22.5 Å². The van der Waals surface area contributed by atoms with E-state index < -0.39 is 11.9 Å². The summed E-state index contributed by atoms with van der Waals surface area (Å²) in [6.45, 7) is 6.40. The third-order valence-corrected chi connectivity index (χ3v) is 7.80. The predicted molar refractivity (Wildman–Crippen MR) is 115 cm³/mol. The monoisotopic (exact) mass is 426 g/mol. The van der Waals surface area contributed by atoms with Crippen LogP contribution in [0.1, 0.15) is 52.9 Å². The van der Waals surface area contributed by atoms with Crippen LogP contribution in [0, 0.1) is 28.6 Å². The summed E-state index contributed by atoms with van der Waals surface area (Å²) in [5, 5.41) is 15.6. The summed E-state index contributed by atoms with van der Waals surface area (Å²) < 4.78 is 0. The van der Waals surface area contributed by atoms with Crippen LogP contribution in [0.2, 0.25) is 0 Å². The van der Waals surface area contributed by atoms with E-state index >= 15 is 0 Å². The smallest absolute Gasteiger partial charge is 0.328 e. The zero-order chi connectivity index (χ0) is 23.0. The number of aliphatic carboxylic acids is 2. The number of ketones is 2. The Balaban J connectivity index is 0.000000293. The molecule has 31 heavy (non-hydrogen) atoms. The molecular formula is C25H30O6. The lowest BCUT2D eigenvalue weighted by Gasteiger charge is -2.52. The van der Waals surface area contributed by atoms with Gasteiger partial charge in [0.25, 0.3) is 0 Å². The van der Waals surface area contributed by atoms with Gasteiger partial charge in [-0.25, -0.2) is 9.59 Å². The highest BCUT2D eigenvalue weighted by molar-refractivity contribution is 6.01. The largest absolute Gasteiger partial charge is 0.478 e. The van der Waals surface area contributed by atoms with Crippen LogP contribution in [-0.2, 0) is 19.2 Å². The minimum atomic E-state index is -1.26. The van der Waals surface area contributed by atoms with Gasteiger partial charge in [0.15, 0.2) is 5.78 Å². The molecule has 6 heteroatoms. The standard InChI is InChI=1S/C21H26O2.C4H4O4/c1-13(22)17-6-7-18-16-5-4-14-12-15(23)8-10-20(14,2)19(16)9-11-21(17,18)3;5-3(6)1-2-4(7)8/h8-10,12,16-18H,4-7,11H2,1-3H3;1-2H,(H,5,6)(H,7,8)/t16-,17+,18-,20-,21+;/m0./s1. The third-order valence-electron chi connectivity index (χ3n) is 7.80. The first-order valence-electron chi connectivity index (χ1n) is 10.8. The maximum atomic E-state index is 12.1. The molecule has 6 nitrogen and oxygen atoms in total. The predicted octanol–water partition coefficient (Wildman–Crippen LogP) is 4.13. The summed E-state index contributed by atoms with van der Waals surface area (Å²) in [7, 11) is 0. The Morgan fingerprint density at radius 3 is 2.29 bits per heavy atom. The summed E-state index contributed by atoms with van der Waals surface area (Å²) in [6.07, 6.45) is 14.7. The number of carboxylic acids is 2. The highest BCUT2D eigenvalue weighted by Crippen LogP contribution is 2.63. The van der Waals surface area contributed by atoms with E-state index in [2.05, 4.69) is 26.0 Å². The molecule has 0 spiro atoms. The van der Waals surface area contributed by atoms with Crippen molar-refractivity contribution in [2.75, 3.05) is 0 Å². The molecule has 166 valence electrons. The summed E-state index contributed by atoms with van der Waals surface area (Å²) in [4.78, 5) is 43.0. The summed E-state index contributed by atoms with van der Waals surface area (Å²) in [5.74, 6) is -0.565. The second-order valence-corrected chi connectivity index (χ2v) is 9.48. The van der Waals surface area contributed by atoms with E-state index in [4.69, 9.17) is 10.2 Å². The van der Waals surface area contributed by atoms with E-state index in [1.54, 1.807) is 13.0 Å². The van der Waals surface area contributed by atoms with Crippen molar-refractivity contribution in [3.8, 4) is 0 Å². The van der Waals surface area contributed by atoms with Crippen molar-refractivity contribution in [3.63, 3.8) is 0 Å². The summed E-state index contributed by atoms with van der Waals surface area (Å²) in [6, 6.07) is 0. The molecule has 0 heterocycles. The highest BCUT2D eigenvalue weighted by atomic mass is 16.4. The van der Waals surface area contributed by atoms with Gasteiger partial charge in [-0.15, -0.1) is 0 Å². The normalized spacial score (nSPS) is 35.7. The number of Topliss-reactive ketones (excluding diaryl/α,β-unsaturated/α-hetero) is 1. The number of hydrogen-bond acceptors (Lipinski definition) is 4. The van der Waals surface area contributed by atoms with Gasteiger partial charge < -0.3 is 10.2 Å². The molecule has 5 atom stereocenters. The molecular weight excluding hydrogens is 396 g/mol. The Bertz CT molecular complexity index is 920. The van der Waals surface area contributed by atoms with E-state index in [0.29, 0.717) is 29.8 Å². The van der Waals surface area contributed by atoms with Crippen molar-refractivity contribution < 1.29 is 29.4 Å². The number of carbonyl (C=O) groups is 4. The van der Waals surface area contributed by atoms with E-state index in [1.807, 2.05) is 6.08 Å². The van der Waals surface area contributed by atoms with Crippen molar-refractivity contribution in [1.82, 2.24) is 0 Å². The van der Waals surface area contributed by atoms with E-state index in [9.17, 15) is 19.2 Å². The Kier molecular flexibility index (Phi) is 6.21. The van der Waals surface area contributed by atoms with Crippen LogP contribution in [0.5, 0.6) is 0 Å². The third kappa shape index (κ3) is 4.21. The topological polar surface area (TPSA) is 109 Å². The minimum Gasteiger partial charge on any atom is -0.478 e. The quantitative estimate of drug-likeness (QED) is 0.519. The molecule has 4 aliphatic rings. The lowest BCUT2D eigenvalue weighted by Crippen LogP contribution is -2.44. The van der Waals surface area contributed by atoms with Crippen LogP contribution in [0.4, 0.5) is 0 Å². The Labute approximate surface area is 182 Å². The first-order valence-corrected chi connectivity index (χ1v) is 10.8. The molecule has 4 rings (SSSR count). The van der Waals surface area contributed by atoms with Crippen molar-refractivity contribution in [1.29, 1.82) is 0 Å². The van der Waals surface area contributed by atoms with Gasteiger partial charge in [0, 0.05) is 23.5 Å². The molecule has 2 N–H and O–H groups in total. The lowest BCUT2D eigenvalue weighted by atomic mass is 9.52. The molecule has 4 aliphatic carbocycles. The first-order chi connectivity index (χ1) is 14.5. The first kappa shape index (κ1) is 22.9. The fourth-order valence-corrected chi connectivity index (χ4v) is 6.33. The van der Waals surface area contributed by atoms with Crippen LogP contribution in [-0.4, -0.2) is 33.7 Å². The van der Waals surface area contributed by atoms with Crippen molar-refractivity contribution in [3.05, 3.63) is 47.6 Å². The van der Waals surface area contributed by atoms with Crippen LogP contribution in [0.15, 0.2) is 47.6 Å². The van der Waals surface area contributed by atoms with Crippen molar-refractivity contribution >= 4 is 23.5 Å². The summed E-state index contributed by atoms with van der Waals surface area (Å²) in [5.41, 5.74) is 2.89. The Morgan fingerprint density at radius 2 is 1.71 bits per heavy atom. The highest BCUT2D eigenvalue weighted by Gasteiger charge is 2.56.